The molecule has 13 nitrogen and oxygen atoms in total. The molecule has 3 N–H and O–H groups in total. The van der Waals surface area contributed by atoms with Crippen molar-refractivity contribution in [2.75, 3.05) is 19.0 Å². The first-order valence-corrected chi connectivity index (χ1v) is 18.8. The molecule has 2 aliphatic carbocycles. The summed E-state index contributed by atoms with van der Waals surface area (Å²) in [5.74, 6) is -1.36. The van der Waals surface area contributed by atoms with E-state index >= 15 is 0 Å². The fourth-order valence-corrected chi connectivity index (χ4v) is 8.22. The first kappa shape index (κ1) is 33.9. The Morgan fingerprint density at radius 3 is 2.70 bits per heavy atom. The van der Waals surface area contributed by atoms with Gasteiger partial charge in [0.25, 0.3) is 5.91 Å². The molecule has 0 unspecified atom stereocenters. The van der Waals surface area contributed by atoms with Crippen molar-refractivity contribution in [3.05, 3.63) is 60.7 Å². The molecule has 50 heavy (non-hydrogen) atoms. The molecule has 4 aliphatic rings. The molecule has 7 rings (SSSR count). The molecule has 0 bridgehead atoms. The van der Waals surface area contributed by atoms with E-state index in [2.05, 4.69) is 20.3 Å². The highest BCUT2D eigenvalue weighted by atomic mass is 32.2. The lowest BCUT2D eigenvalue weighted by Gasteiger charge is -2.30. The molecule has 14 heteroatoms. The van der Waals surface area contributed by atoms with Crippen LogP contribution in [0, 0.1) is 5.92 Å². The van der Waals surface area contributed by atoms with Gasteiger partial charge in [-0.15, -0.1) is 0 Å². The number of oxazole rings is 1. The Morgan fingerprint density at radius 2 is 1.92 bits per heavy atom. The molecule has 0 spiro atoms. The Bertz CT molecular complexity index is 1890. The molecule has 2 aliphatic heterocycles. The van der Waals surface area contributed by atoms with Crippen LogP contribution in [0.4, 0.5) is 5.69 Å². The highest BCUT2D eigenvalue weighted by molar-refractivity contribution is 7.91. The number of rotatable bonds is 8. The van der Waals surface area contributed by atoms with Crippen LogP contribution in [0.25, 0.3) is 11.1 Å². The van der Waals surface area contributed by atoms with Gasteiger partial charge in [-0.3, -0.25) is 19.1 Å². The standard InChI is InChI=1S/C36H43N5O8S/c1-35(17-18-35)50(45,46)40-33(44)36-21-23(36)11-6-4-3-5-7-15-28(37-24-12-10-13-25(19-24)47-2)32(43)41-22-26(20-29(41)31(42)39-36)48-34-38-27-14-8-9-16-30(27)49-34/h6,8-14,16,19,23,26,28-29,37H,3-5,7,15,17-18,20-22H2,1-2H3,(H,39,42)(H,40,44)/b11-6-/t23-,26+,28-,29-,36+/m0/s1. The normalized spacial score (nSPS) is 28.6. The molecule has 2 saturated carbocycles. The highest BCUT2D eigenvalue weighted by Gasteiger charge is 2.63. The molecule has 1 saturated heterocycles. The lowest BCUT2D eigenvalue weighted by molar-refractivity contribution is -0.140. The summed E-state index contributed by atoms with van der Waals surface area (Å²) in [4.78, 5) is 48.5. The maximum atomic E-state index is 14.5. The van der Waals surface area contributed by atoms with Crippen molar-refractivity contribution in [3.63, 3.8) is 0 Å². The third kappa shape index (κ3) is 6.77. The number of carbonyl (C=O) groups is 3. The summed E-state index contributed by atoms with van der Waals surface area (Å²) >= 11 is 0. The number of hydrogen-bond acceptors (Lipinski definition) is 10. The highest BCUT2D eigenvalue weighted by Crippen LogP contribution is 2.47. The third-order valence-electron chi connectivity index (χ3n) is 10.4. The number of carbonyl (C=O) groups excluding carboxylic acids is 3. The van der Waals surface area contributed by atoms with Crippen molar-refractivity contribution in [2.24, 2.45) is 5.92 Å². The summed E-state index contributed by atoms with van der Waals surface area (Å²) in [7, 11) is -2.37. The predicted octanol–water partition coefficient (Wildman–Crippen LogP) is 4.06. The van der Waals surface area contributed by atoms with E-state index in [1.807, 2.05) is 48.6 Å². The number of amides is 3. The number of sulfonamides is 1. The minimum absolute atomic E-state index is 0.0277. The molecule has 266 valence electrons. The smallest absolute Gasteiger partial charge is 0.394 e. The average Bonchev–Trinajstić information content (AvgIpc) is 3.90. The number of allylic oxidation sites excluding steroid dienone is 1. The second kappa shape index (κ2) is 13.3. The quantitative estimate of drug-likeness (QED) is 0.291. The summed E-state index contributed by atoms with van der Waals surface area (Å²) in [5, 5.41) is 6.29. The largest absolute Gasteiger partial charge is 0.497 e. The van der Waals surface area contributed by atoms with E-state index in [0.29, 0.717) is 41.8 Å². The van der Waals surface area contributed by atoms with Crippen molar-refractivity contribution in [3.8, 4) is 11.8 Å². The zero-order chi connectivity index (χ0) is 35.1. The number of aromatic nitrogens is 1. The van der Waals surface area contributed by atoms with Crippen molar-refractivity contribution >= 4 is 44.5 Å². The van der Waals surface area contributed by atoms with E-state index in [4.69, 9.17) is 13.9 Å². The molecule has 3 fully saturated rings. The number of para-hydroxylation sites is 2. The minimum Gasteiger partial charge on any atom is -0.497 e. The van der Waals surface area contributed by atoms with Gasteiger partial charge < -0.3 is 29.4 Å². The van der Waals surface area contributed by atoms with E-state index in [1.165, 1.54) is 4.90 Å². The maximum Gasteiger partial charge on any atom is 0.394 e. The van der Waals surface area contributed by atoms with Gasteiger partial charge in [0, 0.05) is 24.1 Å². The van der Waals surface area contributed by atoms with Crippen molar-refractivity contribution in [1.29, 1.82) is 0 Å². The van der Waals surface area contributed by atoms with Crippen LogP contribution in [-0.4, -0.2) is 78.2 Å². The van der Waals surface area contributed by atoms with Crippen LogP contribution in [-0.2, 0) is 24.4 Å². The van der Waals surface area contributed by atoms with Crippen LogP contribution >= 0.6 is 0 Å². The van der Waals surface area contributed by atoms with Gasteiger partial charge in [0.05, 0.1) is 18.4 Å². The molecule has 3 aromatic rings. The molecule has 1 aromatic heterocycles. The van der Waals surface area contributed by atoms with E-state index in [-0.39, 0.29) is 31.4 Å². The van der Waals surface area contributed by atoms with Crippen LogP contribution in [0.3, 0.4) is 0 Å². The number of ether oxygens (including phenoxy) is 2. The molecule has 0 radical (unpaired) electrons. The van der Waals surface area contributed by atoms with Crippen molar-refractivity contribution in [1.82, 2.24) is 19.9 Å². The number of nitrogens with zero attached hydrogens (tertiary/aromatic N) is 2. The molecule has 3 heterocycles. The van der Waals surface area contributed by atoms with Crippen LogP contribution in [0.1, 0.15) is 64.7 Å². The zero-order valence-corrected chi connectivity index (χ0v) is 29.0. The Labute approximate surface area is 291 Å². The Morgan fingerprint density at radius 1 is 1.10 bits per heavy atom. The minimum atomic E-state index is -3.95. The Balaban J connectivity index is 1.18. The van der Waals surface area contributed by atoms with E-state index < -0.39 is 56.2 Å². The van der Waals surface area contributed by atoms with Gasteiger partial charge in [0.15, 0.2) is 5.58 Å². The van der Waals surface area contributed by atoms with Crippen LogP contribution in [0.2, 0.25) is 0 Å². The van der Waals surface area contributed by atoms with E-state index in [9.17, 15) is 22.8 Å². The van der Waals surface area contributed by atoms with Gasteiger partial charge in [-0.05, 0) is 69.7 Å². The van der Waals surface area contributed by atoms with Crippen LogP contribution in [0.15, 0.2) is 65.1 Å². The van der Waals surface area contributed by atoms with Gasteiger partial charge in [-0.2, -0.15) is 4.98 Å². The van der Waals surface area contributed by atoms with Gasteiger partial charge in [0.1, 0.15) is 35.0 Å². The lowest BCUT2D eigenvalue weighted by atomic mass is 10.0. The SMILES string of the molecule is COc1cccc(N[C@H]2CCCCC/C=C\[C@H]3C[C@@]3(C(=O)NS(=O)(=O)C3(C)CC3)NC(=O)[C@@H]3C[C@@H](Oc4nc5ccccc5o4)CN3C2=O)c1. The molecular formula is C36H43N5O8S. The van der Waals surface area contributed by atoms with E-state index in [1.54, 1.807) is 26.2 Å². The summed E-state index contributed by atoms with van der Waals surface area (Å²) < 4.78 is 44.8. The summed E-state index contributed by atoms with van der Waals surface area (Å²) in [6.45, 7) is 1.68. The van der Waals surface area contributed by atoms with E-state index in [0.717, 1.165) is 25.7 Å². The van der Waals surface area contributed by atoms with Crippen molar-refractivity contribution < 1.29 is 36.7 Å². The van der Waals surface area contributed by atoms with Crippen molar-refractivity contribution in [2.45, 2.75) is 93.2 Å². The first-order chi connectivity index (χ1) is 24.0. The van der Waals surface area contributed by atoms with Crippen LogP contribution in [0.5, 0.6) is 11.8 Å². The number of benzene rings is 2. The molecular weight excluding hydrogens is 662 g/mol. The number of methoxy groups -OCH3 is 1. The Kier molecular flexibility index (Phi) is 8.99. The second-order valence-electron chi connectivity index (χ2n) is 14.1. The number of nitrogens with one attached hydrogen (secondary N) is 3. The summed E-state index contributed by atoms with van der Waals surface area (Å²) in [6, 6.07) is 12.9. The first-order valence-electron chi connectivity index (χ1n) is 17.3. The van der Waals surface area contributed by atoms with Gasteiger partial charge >= 0.3 is 6.08 Å². The van der Waals surface area contributed by atoms with Gasteiger partial charge in [-0.25, -0.2) is 8.42 Å². The fraction of sp³-hybridized carbons (Fsp3) is 0.500. The third-order valence-corrected chi connectivity index (χ3v) is 12.6. The zero-order valence-electron chi connectivity index (χ0n) is 28.2. The number of fused-ring (bicyclic) bond motifs is 3. The van der Waals surface area contributed by atoms with Gasteiger partial charge in [-0.1, -0.05) is 43.2 Å². The maximum absolute atomic E-state index is 14.5. The molecule has 5 atom stereocenters. The monoisotopic (exact) mass is 705 g/mol. The summed E-state index contributed by atoms with van der Waals surface area (Å²) in [6.07, 6.45) is 8.33. The lowest BCUT2D eigenvalue weighted by Crippen LogP contribution is -2.58. The molecule has 2 aromatic carbocycles. The number of hydrogen-bond donors (Lipinski definition) is 3. The van der Waals surface area contributed by atoms with Crippen LogP contribution < -0.4 is 24.8 Å². The Hall–Kier alpha value is -4.59. The summed E-state index contributed by atoms with van der Waals surface area (Å²) in [5.41, 5.74) is 0.396. The second-order valence-corrected chi connectivity index (χ2v) is 16.3. The number of anilines is 1. The predicted molar refractivity (Wildman–Crippen MR) is 185 cm³/mol. The fourth-order valence-electron chi connectivity index (χ4n) is 6.90. The van der Waals surface area contributed by atoms with Gasteiger partial charge in [0.2, 0.25) is 21.8 Å². The molecule has 3 amide bonds. The topological polar surface area (TPSA) is 169 Å². The average molecular weight is 706 g/mol.